The van der Waals surface area contributed by atoms with Crippen molar-refractivity contribution in [3.63, 3.8) is 0 Å². The third kappa shape index (κ3) is 1.64. The smallest absolute Gasteiger partial charge is 0.310 e. The number of nitrogens with zero attached hydrogens (tertiary/aromatic N) is 3. The zero-order chi connectivity index (χ0) is 9.30. The molecule has 0 amide bonds. The molecule has 0 fully saturated rings. The Labute approximate surface area is 75.2 Å². The molecule has 1 heterocycles. The lowest BCUT2D eigenvalue weighted by Gasteiger charge is -2.13. The predicted octanol–water partition coefficient (Wildman–Crippen LogP) is 1.64. The lowest BCUT2D eigenvalue weighted by molar-refractivity contribution is 0.535. The van der Waals surface area contributed by atoms with E-state index < -0.39 is 6.08 Å². The Kier molecular flexibility index (Phi) is 2.47. The minimum absolute atomic E-state index is 0.390. The number of rotatable bonds is 1. The Morgan fingerprint density at radius 2 is 1.92 bits per heavy atom. The Hall–Kier alpha value is -0.900. The Morgan fingerprint density at radius 1 is 1.33 bits per heavy atom. The molecule has 0 spiro atoms. The third-order valence-electron chi connectivity index (χ3n) is 1.40. The van der Waals surface area contributed by atoms with E-state index in [0.29, 0.717) is 16.5 Å². The fraction of sp³-hybridized carbons (Fsp3) is 0.429. The molecule has 0 N–H and O–H groups in total. The van der Waals surface area contributed by atoms with Crippen LogP contribution in [0.2, 0.25) is 5.02 Å². The van der Waals surface area contributed by atoms with E-state index in [1.165, 1.54) is 0 Å². The molecule has 1 aromatic heterocycles. The number of hydrogen-bond acceptors (Lipinski definition) is 3. The molecule has 0 aliphatic carbocycles. The molecule has 0 atom stereocenters. The van der Waals surface area contributed by atoms with Gasteiger partial charge < -0.3 is 4.90 Å². The van der Waals surface area contributed by atoms with Crippen LogP contribution in [-0.4, -0.2) is 24.1 Å². The van der Waals surface area contributed by atoms with Crippen LogP contribution in [0.25, 0.3) is 0 Å². The minimum atomic E-state index is -0.749. The molecule has 3 nitrogen and oxygen atoms in total. The number of hydrogen-bond donors (Lipinski definition) is 0. The van der Waals surface area contributed by atoms with Crippen LogP contribution >= 0.6 is 11.6 Å². The van der Waals surface area contributed by atoms with Crippen LogP contribution in [0.3, 0.4) is 0 Å². The van der Waals surface area contributed by atoms with Crippen LogP contribution in [0.1, 0.15) is 5.69 Å². The third-order valence-corrected chi connectivity index (χ3v) is 1.84. The molecule has 0 aliphatic heterocycles. The zero-order valence-electron chi connectivity index (χ0n) is 7.10. The molecule has 0 aromatic carbocycles. The SMILES string of the molecule is Cc1nc(F)nc(N(C)C)c1Cl. The molecule has 66 valence electrons. The summed E-state index contributed by atoms with van der Waals surface area (Å²) in [7, 11) is 3.49. The molecule has 5 heteroatoms. The lowest BCUT2D eigenvalue weighted by atomic mass is 10.4. The fourth-order valence-electron chi connectivity index (χ4n) is 0.807. The maximum absolute atomic E-state index is 12.7. The van der Waals surface area contributed by atoms with Crippen molar-refractivity contribution in [1.82, 2.24) is 9.97 Å². The van der Waals surface area contributed by atoms with Crippen molar-refractivity contribution in [2.75, 3.05) is 19.0 Å². The highest BCUT2D eigenvalue weighted by molar-refractivity contribution is 6.33. The first kappa shape index (κ1) is 9.19. The second kappa shape index (κ2) is 3.23. The first-order valence-electron chi connectivity index (χ1n) is 3.39. The van der Waals surface area contributed by atoms with Gasteiger partial charge in [0.05, 0.1) is 5.69 Å². The predicted molar refractivity (Wildman–Crippen MR) is 46.1 cm³/mol. The number of aromatic nitrogens is 2. The van der Waals surface area contributed by atoms with E-state index in [1.807, 2.05) is 0 Å². The van der Waals surface area contributed by atoms with Gasteiger partial charge >= 0.3 is 6.08 Å². The number of aryl methyl sites for hydroxylation is 1. The van der Waals surface area contributed by atoms with E-state index in [9.17, 15) is 4.39 Å². The van der Waals surface area contributed by atoms with Gasteiger partial charge in [0.2, 0.25) is 0 Å². The van der Waals surface area contributed by atoms with E-state index in [2.05, 4.69) is 9.97 Å². The molecular formula is C7H9ClFN3. The molecule has 12 heavy (non-hydrogen) atoms. The van der Waals surface area contributed by atoms with Gasteiger partial charge in [0.15, 0.2) is 5.82 Å². The lowest BCUT2D eigenvalue weighted by Crippen LogP contribution is -2.13. The van der Waals surface area contributed by atoms with Gasteiger partial charge in [0.1, 0.15) is 5.02 Å². The van der Waals surface area contributed by atoms with E-state index >= 15 is 0 Å². The quantitative estimate of drug-likeness (QED) is 0.629. The van der Waals surface area contributed by atoms with Crippen LogP contribution in [0.5, 0.6) is 0 Å². The summed E-state index contributed by atoms with van der Waals surface area (Å²) in [4.78, 5) is 8.67. The summed E-state index contributed by atoms with van der Waals surface area (Å²) in [5.41, 5.74) is 0.452. The summed E-state index contributed by atoms with van der Waals surface area (Å²) in [6, 6.07) is 0. The maximum Gasteiger partial charge on any atom is 0.310 e. The van der Waals surface area contributed by atoms with Gasteiger partial charge in [-0.05, 0) is 6.92 Å². The van der Waals surface area contributed by atoms with Gasteiger partial charge in [0, 0.05) is 14.1 Å². The van der Waals surface area contributed by atoms with Crippen molar-refractivity contribution in [2.45, 2.75) is 6.92 Å². The summed E-state index contributed by atoms with van der Waals surface area (Å²) < 4.78 is 12.7. The van der Waals surface area contributed by atoms with Crippen LogP contribution in [-0.2, 0) is 0 Å². The van der Waals surface area contributed by atoms with Crippen molar-refractivity contribution in [2.24, 2.45) is 0 Å². The molecule has 0 bridgehead atoms. The van der Waals surface area contributed by atoms with E-state index in [4.69, 9.17) is 11.6 Å². The van der Waals surface area contributed by atoms with Gasteiger partial charge in [-0.1, -0.05) is 11.6 Å². The van der Waals surface area contributed by atoms with Crippen molar-refractivity contribution < 1.29 is 4.39 Å². The average molecular weight is 190 g/mol. The molecule has 1 rings (SSSR count). The van der Waals surface area contributed by atoms with Crippen LogP contribution < -0.4 is 4.90 Å². The first-order valence-corrected chi connectivity index (χ1v) is 3.77. The Morgan fingerprint density at radius 3 is 2.42 bits per heavy atom. The van der Waals surface area contributed by atoms with Crippen LogP contribution in [0.4, 0.5) is 10.2 Å². The highest BCUT2D eigenvalue weighted by Crippen LogP contribution is 2.23. The van der Waals surface area contributed by atoms with E-state index in [0.717, 1.165) is 0 Å². The number of anilines is 1. The highest BCUT2D eigenvalue weighted by Gasteiger charge is 2.10. The number of halogens is 2. The van der Waals surface area contributed by atoms with Crippen molar-refractivity contribution in [1.29, 1.82) is 0 Å². The summed E-state index contributed by atoms with van der Waals surface area (Å²) in [6.45, 7) is 1.64. The Bertz CT molecular complexity index is 301. The Balaban J connectivity index is 3.28. The monoisotopic (exact) mass is 189 g/mol. The second-order valence-corrected chi connectivity index (χ2v) is 2.99. The summed E-state index contributed by atoms with van der Waals surface area (Å²) in [5.74, 6) is 0.404. The fourth-order valence-corrected chi connectivity index (χ4v) is 1.06. The zero-order valence-corrected chi connectivity index (χ0v) is 7.85. The normalized spacial score (nSPS) is 10.1. The average Bonchev–Trinajstić information content (AvgIpc) is 1.96. The summed E-state index contributed by atoms with van der Waals surface area (Å²) in [6.07, 6.45) is -0.749. The molecule has 0 saturated carbocycles. The molecule has 0 radical (unpaired) electrons. The largest absolute Gasteiger partial charge is 0.361 e. The molecule has 1 aromatic rings. The molecule has 0 aliphatic rings. The minimum Gasteiger partial charge on any atom is -0.361 e. The van der Waals surface area contributed by atoms with E-state index in [-0.39, 0.29) is 0 Å². The second-order valence-electron chi connectivity index (χ2n) is 2.61. The van der Waals surface area contributed by atoms with Gasteiger partial charge in [-0.25, -0.2) is 4.98 Å². The van der Waals surface area contributed by atoms with Gasteiger partial charge in [0.25, 0.3) is 0 Å². The van der Waals surface area contributed by atoms with Crippen molar-refractivity contribution >= 4 is 17.4 Å². The molecule has 0 saturated heterocycles. The molecular weight excluding hydrogens is 181 g/mol. The van der Waals surface area contributed by atoms with Crippen LogP contribution in [0, 0.1) is 13.0 Å². The van der Waals surface area contributed by atoms with Crippen LogP contribution in [0.15, 0.2) is 0 Å². The van der Waals surface area contributed by atoms with Crippen molar-refractivity contribution in [3.8, 4) is 0 Å². The van der Waals surface area contributed by atoms with Gasteiger partial charge in [-0.2, -0.15) is 9.37 Å². The van der Waals surface area contributed by atoms with E-state index in [1.54, 1.807) is 25.9 Å². The maximum atomic E-state index is 12.7. The van der Waals surface area contributed by atoms with Gasteiger partial charge in [-0.15, -0.1) is 0 Å². The van der Waals surface area contributed by atoms with Crippen molar-refractivity contribution in [3.05, 3.63) is 16.8 Å². The summed E-state index contributed by atoms with van der Waals surface area (Å²) in [5, 5.41) is 0.390. The standard InChI is InChI=1S/C7H9ClFN3/c1-4-5(8)6(12(2)3)11-7(9)10-4/h1-3H3. The first-order chi connectivity index (χ1) is 5.52. The topological polar surface area (TPSA) is 29.0 Å². The molecule has 0 unspecified atom stereocenters. The van der Waals surface area contributed by atoms with Gasteiger partial charge in [-0.3, -0.25) is 0 Å². The highest BCUT2D eigenvalue weighted by atomic mass is 35.5. The summed E-state index contributed by atoms with van der Waals surface area (Å²) >= 11 is 5.83.